The summed E-state index contributed by atoms with van der Waals surface area (Å²) >= 11 is 0. The summed E-state index contributed by atoms with van der Waals surface area (Å²) in [6.45, 7) is 2.35. The largest absolute Gasteiger partial charge is 0.480 e. The maximum absolute atomic E-state index is 13.1. The van der Waals surface area contributed by atoms with Gasteiger partial charge in [0.25, 0.3) is 0 Å². The maximum Gasteiger partial charge on any atom is 0.407 e. The number of carboxylic acids is 1. The number of rotatable bonds is 5. The predicted molar refractivity (Wildman–Crippen MR) is 126 cm³/mol. The van der Waals surface area contributed by atoms with E-state index in [-0.39, 0.29) is 30.4 Å². The fourth-order valence-corrected chi connectivity index (χ4v) is 5.90. The number of fused-ring (bicyclic) bond motifs is 3. The van der Waals surface area contributed by atoms with Gasteiger partial charge < -0.3 is 20.1 Å². The van der Waals surface area contributed by atoms with Gasteiger partial charge in [0.2, 0.25) is 5.91 Å². The van der Waals surface area contributed by atoms with Crippen molar-refractivity contribution < 1.29 is 24.2 Å². The van der Waals surface area contributed by atoms with Crippen molar-refractivity contribution in [1.82, 2.24) is 10.2 Å². The number of alkyl carbamates (subject to hydrolysis) is 1. The Kier molecular flexibility index (Phi) is 5.80. The molecular weight excluding hydrogens is 432 g/mol. The molecule has 0 spiro atoms. The number of hydrogen-bond donors (Lipinski definition) is 2. The van der Waals surface area contributed by atoms with Crippen LogP contribution in [0, 0.1) is 5.92 Å². The van der Waals surface area contributed by atoms with Crippen molar-refractivity contribution in [1.29, 1.82) is 0 Å². The molecule has 34 heavy (non-hydrogen) atoms. The quantitative estimate of drug-likeness (QED) is 0.696. The number of amides is 2. The van der Waals surface area contributed by atoms with Crippen molar-refractivity contribution in [3.05, 3.63) is 59.7 Å². The Labute approximate surface area is 199 Å². The average Bonchev–Trinajstić information content (AvgIpc) is 3.54. The van der Waals surface area contributed by atoms with Crippen LogP contribution in [0.4, 0.5) is 4.79 Å². The lowest BCUT2D eigenvalue weighted by Gasteiger charge is -2.33. The molecule has 2 fully saturated rings. The van der Waals surface area contributed by atoms with Crippen molar-refractivity contribution in [3.63, 3.8) is 0 Å². The highest BCUT2D eigenvalue weighted by molar-refractivity contribution is 5.88. The minimum Gasteiger partial charge on any atom is -0.480 e. The number of ether oxygens (including phenoxy) is 1. The molecule has 1 saturated carbocycles. The van der Waals surface area contributed by atoms with Gasteiger partial charge in [0.1, 0.15) is 12.1 Å². The third-order valence-corrected chi connectivity index (χ3v) is 7.82. The first-order valence-electron chi connectivity index (χ1n) is 12.0. The van der Waals surface area contributed by atoms with Gasteiger partial charge in [-0.05, 0) is 61.3 Å². The van der Waals surface area contributed by atoms with Crippen LogP contribution in [0.5, 0.6) is 0 Å². The molecule has 7 nitrogen and oxygen atoms in total. The van der Waals surface area contributed by atoms with Gasteiger partial charge in [-0.1, -0.05) is 48.5 Å². The zero-order valence-corrected chi connectivity index (χ0v) is 19.3. The van der Waals surface area contributed by atoms with Crippen molar-refractivity contribution in [2.24, 2.45) is 5.92 Å². The third kappa shape index (κ3) is 3.83. The van der Waals surface area contributed by atoms with E-state index in [1.807, 2.05) is 24.3 Å². The number of aliphatic carboxylic acids is 1. The van der Waals surface area contributed by atoms with E-state index >= 15 is 0 Å². The molecule has 0 unspecified atom stereocenters. The summed E-state index contributed by atoms with van der Waals surface area (Å²) in [5, 5.41) is 12.5. The number of carbonyl (C=O) groups is 3. The first-order valence-corrected chi connectivity index (χ1v) is 12.0. The zero-order chi connectivity index (χ0) is 23.9. The highest BCUT2D eigenvalue weighted by Crippen LogP contribution is 2.44. The Balaban J connectivity index is 1.17. The lowest BCUT2D eigenvalue weighted by Crippen LogP contribution is -2.52. The molecule has 1 saturated heterocycles. The van der Waals surface area contributed by atoms with Crippen LogP contribution in [-0.2, 0) is 14.3 Å². The van der Waals surface area contributed by atoms with Gasteiger partial charge >= 0.3 is 12.1 Å². The standard InChI is InChI=1S/C27H30N2O5/c1-27(25(31)32)13-6-14-29(27)24(30)17-11-12-18(15-17)28-26(33)34-16-23-21-9-4-2-7-19(21)20-8-3-5-10-22(20)23/h2-5,7-10,17-18,23H,6,11-16H2,1H3,(H,28,33)(H,31,32)/t17-,18+,27-/m1/s1. The monoisotopic (exact) mass is 462 g/mol. The zero-order valence-electron chi connectivity index (χ0n) is 19.3. The molecule has 2 N–H and O–H groups in total. The molecule has 2 amide bonds. The van der Waals surface area contributed by atoms with Gasteiger partial charge in [-0.25, -0.2) is 9.59 Å². The predicted octanol–water partition coefficient (Wildman–Crippen LogP) is 4.16. The summed E-state index contributed by atoms with van der Waals surface area (Å²) in [4.78, 5) is 38.9. The third-order valence-electron chi connectivity index (χ3n) is 7.82. The van der Waals surface area contributed by atoms with E-state index in [2.05, 4.69) is 29.6 Å². The molecular formula is C27H30N2O5. The molecule has 1 aliphatic heterocycles. The van der Waals surface area contributed by atoms with Gasteiger partial charge in [0.05, 0.1) is 0 Å². The van der Waals surface area contributed by atoms with Crippen LogP contribution >= 0.6 is 0 Å². The van der Waals surface area contributed by atoms with Gasteiger partial charge in [-0.3, -0.25) is 4.79 Å². The number of nitrogens with zero attached hydrogens (tertiary/aromatic N) is 1. The SMILES string of the molecule is C[C@]1(C(=O)O)CCCN1C(=O)[C@@H]1CC[C@H](NC(=O)OCC2c3ccccc3-c3ccccc32)C1. The number of hydrogen-bond acceptors (Lipinski definition) is 4. The molecule has 2 aromatic carbocycles. The van der Waals surface area contributed by atoms with Crippen LogP contribution in [0.2, 0.25) is 0 Å². The minimum atomic E-state index is -1.13. The molecule has 0 bridgehead atoms. The van der Waals surface area contributed by atoms with E-state index in [0.717, 1.165) is 11.1 Å². The summed E-state index contributed by atoms with van der Waals surface area (Å²) in [6.07, 6.45) is 2.52. The summed E-state index contributed by atoms with van der Waals surface area (Å²) in [6, 6.07) is 16.2. The lowest BCUT2D eigenvalue weighted by atomic mass is 9.97. The van der Waals surface area contributed by atoms with Gasteiger partial charge in [-0.2, -0.15) is 0 Å². The number of carbonyl (C=O) groups excluding carboxylic acids is 2. The molecule has 2 aliphatic carbocycles. The molecule has 3 atom stereocenters. The van der Waals surface area contributed by atoms with Crippen LogP contribution in [-0.4, -0.2) is 52.7 Å². The second kappa shape index (κ2) is 8.78. The van der Waals surface area contributed by atoms with E-state index in [4.69, 9.17) is 4.74 Å². The minimum absolute atomic E-state index is 0.0000770. The first-order chi connectivity index (χ1) is 16.4. The Morgan fingerprint density at radius 1 is 1.06 bits per heavy atom. The Morgan fingerprint density at radius 2 is 1.71 bits per heavy atom. The number of benzene rings is 2. The average molecular weight is 463 g/mol. The van der Waals surface area contributed by atoms with Gasteiger partial charge in [-0.15, -0.1) is 0 Å². The Bertz CT molecular complexity index is 1090. The molecule has 3 aliphatic rings. The smallest absolute Gasteiger partial charge is 0.407 e. The van der Waals surface area contributed by atoms with E-state index in [1.54, 1.807) is 6.92 Å². The van der Waals surface area contributed by atoms with Crippen LogP contribution in [0.25, 0.3) is 11.1 Å². The van der Waals surface area contributed by atoms with Crippen LogP contribution in [0.3, 0.4) is 0 Å². The maximum atomic E-state index is 13.1. The summed E-state index contributed by atoms with van der Waals surface area (Å²) in [5.41, 5.74) is 3.55. The van der Waals surface area contributed by atoms with Crippen molar-refractivity contribution in [2.75, 3.05) is 13.2 Å². The normalized spacial score (nSPS) is 25.6. The summed E-state index contributed by atoms with van der Waals surface area (Å²) in [7, 11) is 0. The van der Waals surface area contributed by atoms with E-state index in [9.17, 15) is 19.5 Å². The molecule has 2 aromatic rings. The van der Waals surface area contributed by atoms with Gasteiger partial charge in [0.15, 0.2) is 0 Å². The summed E-state index contributed by atoms with van der Waals surface area (Å²) in [5.74, 6) is -1.33. The summed E-state index contributed by atoms with van der Waals surface area (Å²) < 4.78 is 5.64. The first kappa shape index (κ1) is 22.4. The van der Waals surface area contributed by atoms with Crippen LogP contribution in [0.15, 0.2) is 48.5 Å². The molecule has 0 aromatic heterocycles. The van der Waals surface area contributed by atoms with Gasteiger partial charge in [0, 0.05) is 24.4 Å². The molecule has 5 rings (SSSR count). The second-order valence-corrected chi connectivity index (χ2v) is 9.85. The van der Waals surface area contributed by atoms with Crippen molar-refractivity contribution in [3.8, 4) is 11.1 Å². The van der Waals surface area contributed by atoms with Crippen molar-refractivity contribution in [2.45, 2.75) is 56.5 Å². The van der Waals surface area contributed by atoms with Crippen molar-refractivity contribution >= 4 is 18.0 Å². The Hall–Kier alpha value is -3.35. The highest BCUT2D eigenvalue weighted by Gasteiger charge is 2.48. The fraction of sp³-hybridized carbons (Fsp3) is 0.444. The molecule has 178 valence electrons. The topological polar surface area (TPSA) is 95.9 Å². The Morgan fingerprint density at radius 3 is 2.35 bits per heavy atom. The second-order valence-electron chi connectivity index (χ2n) is 9.85. The number of nitrogens with one attached hydrogen (secondary N) is 1. The van der Waals surface area contributed by atoms with E-state index < -0.39 is 17.6 Å². The molecule has 0 radical (unpaired) electrons. The number of likely N-dealkylation sites (tertiary alicyclic amines) is 1. The molecule has 7 heteroatoms. The lowest BCUT2D eigenvalue weighted by molar-refractivity contribution is -0.156. The van der Waals surface area contributed by atoms with E-state index in [1.165, 1.54) is 16.0 Å². The number of carboxylic acid groups (broad SMARTS) is 1. The van der Waals surface area contributed by atoms with Crippen LogP contribution < -0.4 is 5.32 Å². The fourth-order valence-electron chi connectivity index (χ4n) is 5.90. The highest BCUT2D eigenvalue weighted by atomic mass is 16.5. The van der Waals surface area contributed by atoms with E-state index in [0.29, 0.717) is 38.6 Å². The van der Waals surface area contributed by atoms with Crippen LogP contribution in [0.1, 0.15) is 56.1 Å². The molecule has 1 heterocycles.